The molecule has 1 aromatic heterocycles. The van der Waals surface area contributed by atoms with E-state index in [9.17, 15) is 4.79 Å². The minimum absolute atomic E-state index is 0.0740. The number of hydrogen-bond donors (Lipinski definition) is 1. The second-order valence-electron chi connectivity index (χ2n) is 4.80. The molecule has 0 fully saturated rings. The van der Waals surface area contributed by atoms with Crippen LogP contribution in [0.15, 0.2) is 54.7 Å². The van der Waals surface area contributed by atoms with Crippen LogP contribution in [-0.2, 0) is 0 Å². The van der Waals surface area contributed by atoms with E-state index in [0.29, 0.717) is 22.3 Å². The van der Waals surface area contributed by atoms with Crippen LogP contribution in [0.1, 0.15) is 21.5 Å². The van der Waals surface area contributed by atoms with Gasteiger partial charge in [-0.1, -0.05) is 42.0 Å². The molecule has 0 saturated heterocycles. The molecule has 2 aromatic carbocycles. The standard InChI is InChI=1S/C17H14N2O/c1-11-4-6-13(7-5-11)17(20)14-9-8-12-3-2-10-19-16(12)15(14)18/h2-10H,18H2,1H3. The van der Waals surface area contributed by atoms with E-state index in [1.807, 2.05) is 49.4 Å². The molecular formula is C17H14N2O. The van der Waals surface area contributed by atoms with E-state index in [2.05, 4.69) is 4.98 Å². The minimum atomic E-state index is -0.0740. The van der Waals surface area contributed by atoms with Crippen molar-refractivity contribution in [1.29, 1.82) is 0 Å². The number of pyridine rings is 1. The summed E-state index contributed by atoms with van der Waals surface area (Å²) in [4.78, 5) is 16.8. The maximum atomic E-state index is 12.5. The number of carbonyl (C=O) groups excluding carboxylic acids is 1. The molecule has 0 aliphatic carbocycles. The number of benzene rings is 2. The van der Waals surface area contributed by atoms with Crippen molar-refractivity contribution in [3.63, 3.8) is 0 Å². The highest BCUT2D eigenvalue weighted by Crippen LogP contribution is 2.25. The van der Waals surface area contributed by atoms with Crippen molar-refractivity contribution in [3.05, 3.63) is 71.4 Å². The van der Waals surface area contributed by atoms with Crippen LogP contribution >= 0.6 is 0 Å². The average Bonchev–Trinajstić information content (AvgIpc) is 2.48. The van der Waals surface area contributed by atoms with Crippen LogP contribution in [0.3, 0.4) is 0 Å². The molecule has 3 aromatic rings. The maximum absolute atomic E-state index is 12.5. The second kappa shape index (κ2) is 4.78. The van der Waals surface area contributed by atoms with Crippen LogP contribution in [-0.4, -0.2) is 10.8 Å². The second-order valence-corrected chi connectivity index (χ2v) is 4.80. The Hall–Kier alpha value is -2.68. The molecule has 0 spiro atoms. The van der Waals surface area contributed by atoms with Crippen LogP contribution in [0.4, 0.5) is 5.69 Å². The molecule has 2 N–H and O–H groups in total. The highest BCUT2D eigenvalue weighted by Gasteiger charge is 2.14. The van der Waals surface area contributed by atoms with Crippen LogP contribution in [0.25, 0.3) is 10.9 Å². The van der Waals surface area contributed by atoms with Gasteiger partial charge >= 0.3 is 0 Å². The van der Waals surface area contributed by atoms with E-state index in [4.69, 9.17) is 5.73 Å². The number of aromatic nitrogens is 1. The molecule has 3 rings (SSSR count). The molecule has 0 saturated carbocycles. The van der Waals surface area contributed by atoms with Crippen molar-refractivity contribution in [2.24, 2.45) is 0 Å². The van der Waals surface area contributed by atoms with Crippen LogP contribution in [0.5, 0.6) is 0 Å². The molecule has 1 heterocycles. The summed E-state index contributed by atoms with van der Waals surface area (Å²) in [5.74, 6) is -0.0740. The summed E-state index contributed by atoms with van der Waals surface area (Å²) >= 11 is 0. The summed E-state index contributed by atoms with van der Waals surface area (Å²) in [6.45, 7) is 1.99. The summed E-state index contributed by atoms with van der Waals surface area (Å²) < 4.78 is 0. The number of nitrogen functional groups attached to an aromatic ring is 1. The summed E-state index contributed by atoms with van der Waals surface area (Å²) in [5, 5.41) is 0.936. The predicted octanol–water partition coefficient (Wildman–Crippen LogP) is 3.36. The summed E-state index contributed by atoms with van der Waals surface area (Å²) in [6.07, 6.45) is 1.68. The summed E-state index contributed by atoms with van der Waals surface area (Å²) in [6, 6.07) is 14.9. The average molecular weight is 262 g/mol. The fraction of sp³-hybridized carbons (Fsp3) is 0.0588. The van der Waals surface area contributed by atoms with E-state index in [1.165, 1.54) is 0 Å². The SMILES string of the molecule is Cc1ccc(C(=O)c2ccc3cccnc3c2N)cc1. The van der Waals surface area contributed by atoms with E-state index in [-0.39, 0.29) is 5.78 Å². The molecule has 3 heteroatoms. The quantitative estimate of drug-likeness (QED) is 0.569. The van der Waals surface area contributed by atoms with Gasteiger partial charge in [0.1, 0.15) is 0 Å². The number of nitrogens with two attached hydrogens (primary N) is 1. The zero-order chi connectivity index (χ0) is 14.1. The normalized spacial score (nSPS) is 10.7. The number of rotatable bonds is 2. The minimum Gasteiger partial charge on any atom is -0.396 e. The van der Waals surface area contributed by atoms with Gasteiger partial charge < -0.3 is 5.73 Å². The molecule has 0 unspecified atom stereocenters. The zero-order valence-electron chi connectivity index (χ0n) is 11.1. The topological polar surface area (TPSA) is 56.0 Å². The van der Waals surface area contributed by atoms with Gasteiger partial charge in [0.2, 0.25) is 0 Å². The highest BCUT2D eigenvalue weighted by molar-refractivity contribution is 6.15. The Morgan fingerprint density at radius 2 is 1.80 bits per heavy atom. The van der Waals surface area contributed by atoms with Gasteiger partial charge in [0.25, 0.3) is 0 Å². The van der Waals surface area contributed by atoms with Gasteiger partial charge in [-0.15, -0.1) is 0 Å². The summed E-state index contributed by atoms with van der Waals surface area (Å²) in [7, 11) is 0. The Morgan fingerprint density at radius 3 is 2.55 bits per heavy atom. The van der Waals surface area contributed by atoms with E-state index in [1.54, 1.807) is 12.3 Å². The smallest absolute Gasteiger partial charge is 0.195 e. The first-order valence-corrected chi connectivity index (χ1v) is 6.41. The molecule has 0 amide bonds. The third-order valence-electron chi connectivity index (χ3n) is 3.37. The van der Waals surface area contributed by atoms with Crippen LogP contribution < -0.4 is 5.73 Å². The first kappa shape index (κ1) is 12.4. The Balaban J connectivity index is 2.12. The van der Waals surface area contributed by atoms with Crippen LogP contribution in [0, 0.1) is 6.92 Å². The van der Waals surface area contributed by atoms with Gasteiger partial charge in [0.15, 0.2) is 5.78 Å². The molecule has 98 valence electrons. The zero-order valence-corrected chi connectivity index (χ0v) is 11.1. The lowest BCUT2D eigenvalue weighted by Crippen LogP contribution is -2.06. The predicted molar refractivity (Wildman–Crippen MR) is 80.8 cm³/mol. The van der Waals surface area contributed by atoms with Crippen molar-refractivity contribution in [3.8, 4) is 0 Å². The number of hydrogen-bond acceptors (Lipinski definition) is 3. The number of ketones is 1. The fourth-order valence-corrected chi connectivity index (χ4v) is 2.23. The lowest BCUT2D eigenvalue weighted by molar-refractivity contribution is 0.103. The number of anilines is 1. The van der Waals surface area contributed by atoms with Gasteiger partial charge in [0, 0.05) is 22.7 Å². The Kier molecular flexibility index (Phi) is 2.95. The van der Waals surface area contributed by atoms with Crippen molar-refractivity contribution in [1.82, 2.24) is 4.98 Å². The molecular weight excluding hydrogens is 248 g/mol. The lowest BCUT2D eigenvalue weighted by atomic mass is 9.99. The fourth-order valence-electron chi connectivity index (χ4n) is 2.23. The third kappa shape index (κ3) is 2.03. The molecule has 3 nitrogen and oxygen atoms in total. The number of fused-ring (bicyclic) bond motifs is 1. The first-order valence-electron chi connectivity index (χ1n) is 6.41. The molecule has 20 heavy (non-hydrogen) atoms. The highest BCUT2D eigenvalue weighted by atomic mass is 16.1. The lowest BCUT2D eigenvalue weighted by Gasteiger charge is -2.08. The summed E-state index contributed by atoms with van der Waals surface area (Å²) in [5.41, 5.74) is 9.47. The van der Waals surface area contributed by atoms with Gasteiger partial charge in [-0.05, 0) is 19.1 Å². The number of aryl methyl sites for hydroxylation is 1. The van der Waals surface area contributed by atoms with Gasteiger partial charge in [0.05, 0.1) is 11.2 Å². The van der Waals surface area contributed by atoms with Crippen molar-refractivity contribution < 1.29 is 4.79 Å². The molecule has 0 aliphatic heterocycles. The monoisotopic (exact) mass is 262 g/mol. The van der Waals surface area contributed by atoms with Crippen LogP contribution in [0.2, 0.25) is 0 Å². The maximum Gasteiger partial charge on any atom is 0.195 e. The van der Waals surface area contributed by atoms with E-state index >= 15 is 0 Å². The van der Waals surface area contributed by atoms with Crippen molar-refractivity contribution in [2.75, 3.05) is 5.73 Å². The first-order chi connectivity index (χ1) is 9.66. The Bertz CT molecular complexity index is 792. The third-order valence-corrected chi connectivity index (χ3v) is 3.37. The molecule has 0 atom stereocenters. The molecule has 0 bridgehead atoms. The Labute approximate surface area is 117 Å². The number of carbonyl (C=O) groups is 1. The molecule has 0 aliphatic rings. The van der Waals surface area contributed by atoms with Gasteiger partial charge in [-0.25, -0.2) is 0 Å². The van der Waals surface area contributed by atoms with E-state index in [0.717, 1.165) is 10.9 Å². The van der Waals surface area contributed by atoms with Gasteiger partial charge in [-0.3, -0.25) is 9.78 Å². The largest absolute Gasteiger partial charge is 0.396 e. The Morgan fingerprint density at radius 1 is 1.05 bits per heavy atom. The van der Waals surface area contributed by atoms with Crippen molar-refractivity contribution in [2.45, 2.75) is 6.92 Å². The van der Waals surface area contributed by atoms with E-state index < -0.39 is 0 Å². The van der Waals surface area contributed by atoms with Gasteiger partial charge in [-0.2, -0.15) is 0 Å². The van der Waals surface area contributed by atoms with Crippen molar-refractivity contribution >= 4 is 22.4 Å². The molecule has 0 radical (unpaired) electrons. The number of nitrogens with zero attached hydrogens (tertiary/aromatic N) is 1.